The zero-order chi connectivity index (χ0) is 13.1. The summed E-state index contributed by atoms with van der Waals surface area (Å²) in [5.74, 6) is -2.00. The van der Waals surface area contributed by atoms with Crippen LogP contribution in [-0.2, 0) is 6.54 Å². The van der Waals surface area contributed by atoms with Gasteiger partial charge in [0.1, 0.15) is 5.82 Å². The fraction of sp³-hybridized carbons (Fsp3) is 0.231. The number of nitrogens with zero attached hydrogens (tertiary/aromatic N) is 2. The average molecular weight is 248 g/mol. The zero-order valence-electron chi connectivity index (χ0n) is 9.93. The Morgan fingerprint density at radius 1 is 1.44 bits per heavy atom. The molecule has 1 aromatic heterocycles. The number of aromatic carboxylic acids is 1. The molecule has 18 heavy (non-hydrogen) atoms. The van der Waals surface area contributed by atoms with Crippen molar-refractivity contribution in [2.24, 2.45) is 0 Å². The standard InChI is InChI=1S/C13H13FN2O2/c1-2-5-16-8-10(7-15-16)9-3-4-12(14)11(6-9)13(17)18/h3-4,6-8H,2,5H2,1H3,(H,17,18). The third-order valence-electron chi connectivity index (χ3n) is 2.62. The van der Waals surface area contributed by atoms with Crippen molar-refractivity contribution in [2.45, 2.75) is 19.9 Å². The van der Waals surface area contributed by atoms with Gasteiger partial charge in [-0.05, 0) is 24.1 Å². The molecule has 2 rings (SSSR count). The van der Waals surface area contributed by atoms with Crippen LogP contribution in [0.2, 0.25) is 0 Å². The maximum Gasteiger partial charge on any atom is 0.338 e. The molecule has 4 nitrogen and oxygen atoms in total. The Balaban J connectivity index is 2.38. The third kappa shape index (κ3) is 2.40. The van der Waals surface area contributed by atoms with Gasteiger partial charge in [-0.15, -0.1) is 0 Å². The van der Waals surface area contributed by atoms with Gasteiger partial charge in [-0.2, -0.15) is 5.10 Å². The molecule has 5 heteroatoms. The second kappa shape index (κ2) is 5.00. The van der Waals surface area contributed by atoms with Gasteiger partial charge in [0.05, 0.1) is 11.8 Å². The Kier molecular flexibility index (Phi) is 3.41. The maximum absolute atomic E-state index is 13.3. The Bertz CT molecular complexity index is 578. The van der Waals surface area contributed by atoms with Crippen molar-refractivity contribution in [1.29, 1.82) is 0 Å². The molecule has 94 valence electrons. The number of hydrogen-bond acceptors (Lipinski definition) is 2. The van der Waals surface area contributed by atoms with Crippen LogP contribution < -0.4 is 0 Å². The summed E-state index contributed by atoms with van der Waals surface area (Å²) in [7, 11) is 0. The highest BCUT2D eigenvalue weighted by Crippen LogP contribution is 2.21. The summed E-state index contributed by atoms with van der Waals surface area (Å²) >= 11 is 0. The van der Waals surface area contributed by atoms with Crippen LogP contribution in [-0.4, -0.2) is 20.9 Å². The molecule has 0 atom stereocenters. The first-order valence-electron chi connectivity index (χ1n) is 5.67. The predicted molar refractivity (Wildman–Crippen MR) is 64.9 cm³/mol. The molecule has 1 heterocycles. The molecule has 0 saturated heterocycles. The summed E-state index contributed by atoms with van der Waals surface area (Å²) in [6.07, 6.45) is 4.43. The molecule has 1 N–H and O–H groups in total. The molecular formula is C13H13FN2O2. The first-order chi connectivity index (χ1) is 8.61. The lowest BCUT2D eigenvalue weighted by Crippen LogP contribution is -2.00. The molecule has 1 aromatic carbocycles. The summed E-state index contributed by atoms with van der Waals surface area (Å²) in [6, 6.07) is 4.04. The molecule has 0 amide bonds. The lowest BCUT2D eigenvalue weighted by molar-refractivity contribution is 0.0692. The number of halogens is 1. The summed E-state index contributed by atoms with van der Waals surface area (Å²) in [5.41, 5.74) is 1.11. The van der Waals surface area contributed by atoms with E-state index in [2.05, 4.69) is 5.10 Å². The Hall–Kier alpha value is -2.17. The first-order valence-corrected chi connectivity index (χ1v) is 5.67. The summed E-state index contributed by atoms with van der Waals surface area (Å²) in [5, 5.41) is 13.0. The second-order valence-corrected chi connectivity index (χ2v) is 3.99. The highest BCUT2D eigenvalue weighted by Gasteiger charge is 2.12. The molecule has 0 spiro atoms. The maximum atomic E-state index is 13.3. The summed E-state index contributed by atoms with van der Waals surface area (Å²) in [6.45, 7) is 2.84. The van der Waals surface area contributed by atoms with Crippen molar-refractivity contribution in [3.8, 4) is 11.1 Å². The van der Waals surface area contributed by atoms with Crippen LogP contribution in [0.15, 0.2) is 30.6 Å². The van der Waals surface area contributed by atoms with Crippen molar-refractivity contribution in [3.05, 3.63) is 42.0 Å². The van der Waals surface area contributed by atoms with Crippen molar-refractivity contribution in [2.75, 3.05) is 0 Å². The van der Waals surface area contributed by atoms with Gasteiger partial charge in [0.25, 0.3) is 0 Å². The molecule has 0 aliphatic rings. The predicted octanol–water partition coefficient (Wildman–Crippen LogP) is 2.80. The Morgan fingerprint density at radius 3 is 2.89 bits per heavy atom. The molecule has 0 saturated carbocycles. The van der Waals surface area contributed by atoms with E-state index in [9.17, 15) is 9.18 Å². The molecule has 0 fully saturated rings. The number of carbonyl (C=O) groups is 1. The van der Waals surface area contributed by atoms with Gasteiger partial charge in [0.15, 0.2) is 0 Å². The highest BCUT2D eigenvalue weighted by molar-refractivity contribution is 5.89. The van der Waals surface area contributed by atoms with Crippen LogP contribution >= 0.6 is 0 Å². The van der Waals surface area contributed by atoms with E-state index in [0.29, 0.717) is 5.56 Å². The second-order valence-electron chi connectivity index (χ2n) is 3.99. The van der Waals surface area contributed by atoms with Crippen LogP contribution in [0.4, 0.5) is 4.39 Å². The SMILES string of the molecule is CCCn1cc(-c2ccc(F)c(C(=O)O)c2)cn1. The van der Waals surface area contributed by atoms with Crippen LogP contribution in [0.5, 0.6) is 0 Å². The third-order valence-corrected chi connectivity index (χ3v) is 2.62. The quantitative estimate of drug-likeness (QED) is 0.905. The highest BCUT2D eigenvalue weighted by atomic mass is 19.1. The number of aryl methyl sites for hydroxylation is 1. The summed E-state index contributed by atoms with van der Waals surface area (Å²) in [4.78, 5) is 10.9. The van der Waals surface area contributed by atoms with Crippen LogP contribution in [0, 0.1) is 5.82 Å². The average Bonchev–Trinajstić information content (AvgIpc) is 2.78. The van der Waals surface area contributed by atoms with Crippen LogP contribution in [0.3, 0.4) is 0 Å². The van der Waals surface area contributed by atoms with E-state index in [1.807, 2.05) is 13.1 Å². The van der Waals surface area contributed by atoms with Crippen LogP contribution in [0.1, 0.15) is 23.7 Å². The topological polar surface area (TPSA) is 55.1 Å². The van der Waals surface area contributed by atoms with Gasteiger partial charge < -0.3 is 5.11 Å². The number of benzene rings is 1. The zero-order valence-corrected chi connectivity index (χ0v) is 9.93. The summed E-state index contributed by atoms with van der Waals surface area (Å²) < 4.78 is 15.0. The minimum absolute atomic E-state index is 0.323. The van der Waals surface area contributed by atoms with Crippen LogP contribution in [0.25, 0.3) is 11.1 Å². The van der Waals surface area contributed by atoms with Gasteiger partial charge in [-0.1, -0.05) is 13.0 Å². The fourth-order valence-corrected chi connectivity index (χ4v) is 1.73. The molecule has 0 aliphatic heterocycles. The van der Waals surface area contributed by atoms with E-state index in [-0.39, 0.29) is 5.56 Å². The van der Waals surface area contributed by atoms with Crippen molar-refractivity contribution in [1.82, 2.24) is 9.78 Å². The van der Waals surface area contributed by atoms with E-state index in [1.165, 1.54) is 6.07 Å². The fourth-order valence-electron chi connectivity index (χ4n) is 1.73. The smallest absolute Gasteiger partial charge is 0.338 e. The van der Waals surface area contributed by atoms with Gasteiger partial charge in [0, 0.05) is 18.3 Å². The lowest BCUT2D eigenvalue weighted by atomic mass is 10.1. The lowest BCUT2D eigenvalue weighted by Gasteiger charge is -2.01. The minimum Gasteiger partial charge on any atom is -0.478 e. The number of hydrogen-bond donors (Lipinski definition) is 1. The van der Waals surface area contributed by atoms with E-state index in [0.717, 1.165) is 24.6 Å². The van der Waals surface area contributed by atoms with Crippen molar-refractivity contribution < 1.29 is 14.3 Å². The van der Waals surface area contributed by atoms with Gasteiger partial charge in [-0.25, -0.2) is 9.18 Å². The monoisotopic (exact) mass is 248 g/mol. The molecule has 0 bridgehead atoms. The minimum atomic E-state index is -1.27. The number of aromatic nitrogens is 2. The molecule has 0 unspecified atom stereocenters. The van der Waals surface area contributed by atoms with Gasteiger partial charge >= 0.3 is 5.97 Å². The molecular weight excluding hydrogens is 235 g/mol. The number of rotatable bonds is 4. The largest absolute Gasteiger partial charge is 0.478 e. The van der Waals surface area contributed by atoms with Gasteiger partial charge in [-0.3, -0.25) is 4.68 Å². The van der Waals surface area contributed by atoms with E-state index in [1.54, 1.807) is 16.9 Å². The molecule has 2 aromatic rings. The number of carboxylic acid groups (broad SMARTS) is 1. The molecule has 0 radical (unpaired) electrons. The van der Waals surface area contributed by atoms with E-state index in [4.69, 9.17) is 5.11 Å². The normalized spacial score (nSPS) is 10.6. The Labute approximate surface area is 104 Å². The first kappa shape index (κ1) is 12.3. The van der Waals surface area contributed by atoms with E-state index < -0.39 is 11.8 Å². The Morgan fingerprint density at radius 2 is 2.22 bits per heavy atom. The van der Waals surface area contributed by atoms with Gasteiger partial charge in [0.2, 0.25) is 0 Å². The van der Waals surface area contributed by atoms with E-state index >= 15 is 0 Å². The number of carboxylic acids is 1. The molecule has 0 aliphatic carbocycles. The van der Waals surface area contributed by atoms with Crippen molar-refractivity contribution >= 4 is 5.97 Å². The van der Waals surface area contributed by atoms with Crippen molar-refractivity contribution in [3.63, 3.8) is 0 Å².